The number of nitrogens with one attached hydrogen (secondary N) is 1. The fourth-order valence-corrected chi connectivity index (χ4v) is 2.31. The van der Waals surface area contributed by atoms with Crippen molar-refractivity contribution in [1.82, 2.24) is 14.5 Å². The van der Waals surface area contributed by atoms with E-state index in [-0.39, 0.29) is 5.82 Å². The van der Waals surface area contributed by atoms with E-state index in [0.717, 1.165) is 0 Å². The zero-order valence-corrected chi connectivity index (χ0v) is 12.3. The number of anilines is 1. The second-order valence-corrected chi connectivity index (χ2v) is 5.01. The molecule has 0 saturated carbocycles. The molecule has 0 atom stereocenters. The highest BCUT2D eigenvalue weighted by Crippen LogP contribution is 2.21. The van der Waals surface area contributed by atoms with Crippen molar-refractivity contribution in [3.8, 4) is 5.69 Å². The van der Waals surface area contributed by atoms with Gasteiger partial charge in [0.1, 0.15) is 5.82 Å². The van der Waals surface area contributed by atoms with Crippen LogP contribution in [0.15, 0.2) is 47.3 Å². The summed E-state index contributed by atoms with van der Waals surface area (Å²) in [6.45, 7) is 1.22. The lowest BCUT2D eigenvalue weighted by molar-refractivity contribution is 0.163. The van der Waals surface area contributed by atoms with Crippen molar-refractivity contribution in [3.05, 3.63) is 58.6 Å². The Hall–Kier alpha value is -2.83. The molecule has 2 heterocycles. The first kappa shape index (κ1) is 15.1. The fourth-order valence-electron chi connectivity index (χ4n) is 2.31. The number of aryl methyl sites for hydroxylation is 1. The first-order valence-electron chi connectivity index (χ1n) is 7.04. The summed E-state index contributed by atoms with van der Waals surface area (Å²) in [4.78, 5) is 20.7. The molecule has 1 aromatic carbocycles. The summed E-state index contributed by atoms with van der Waals surface area (Å²) < 4.78 is 26.3. The zero-order valence-electron chi connectivity index (χ0n) is 12.3. The maximum absolute atomic E-state index is 12.4. The Labute approximate surface area is 130 Å². The van der Waals surface area contributed by atoms with Gasteiger partial charge in [-0.05, 0) is 31.2 Å². The average molecular weight is 316 g/mol. The lowest BCUT2D eigenvalue weighted by Gasteiger charge is -2.13. The minimum atomic E-state index is -2.54. The van der Waals surface area contributed by atoms with Crippen molar-refractivity contribution < 1.29 is 8.78 Å². The summed E-state index contributed by atoms with van der Waals surface area (Å²) in [5.41, 5.74) is 1.15. The summed E-state index contributed by atoms with van der Waals surface area (Å²) in [5.74, 6) is 0.116. The first-order valence-corrected chi connectivity index (χ1v) is 7.04. The minimum Gasteiger partial charge on any atom is -0.364 e. The van der Waals surface area contributed by atoms with Crippen LogP contribution in [0.3, 0.4) is 0 Å². The van der Waals surface area contributed by atoms with Crippen molar-refractivity contribution >= 4 is 16.9 Å². The van der Waals surface area contributed by atoms with Gasteiger partial charge in [0.15, 0.2) is 5.65 Å². The lowest BCUT2D eigenvalue weighted by atomic mass is 10.2. The number of fused-ring (bicyclic) bond motifs is 1. The van der Waals surface area contributed by atoms with Gasteiger partial charge >= 0.3 is 5.69 Å². The van der Waals surface area contributed by atoms with Crippen molar-refractivity contribution in [1.29, 1.82) is 0 Å². The zero-order chi connectivity index (χ0) is 16.4. The number of rotatable bonds is 4. The van der Waals surface area contributed by atoms with Gasteiger partial charge in [0.25, 0.3) is 6.43 Å². The number of aromatic nitrogens is 3. The largest absolute Gasteiger partial charge is 0.364 e. The van der Waals surface area contributed by atoms with E-state index in [1.165, 1.54) is 4.57 Å². The molecule has 0 amide bonds. The highest BCUT2D eigenvalue weighted by atomic mass is 19.3. The van der Waals surface area contributed by atoms with Gasteiger partial charge in [0.05, 0.1) is 17.6 Å². The van der Waals surface area contributed by atoms with Crippen molar-refractivity contribution in [2.24, 2.45) is 0 Å². The molecular weight excluding hydrogens is 302 g/mol. The van der Waals surface area contributed by atoms with Gasteiger partial charge in [0.2, 0.25) is 0 Å². The average Bonchev–Trinajstić information content (AvgIpc) is 2.53. The van der Waals surface area contributed by atoms with Gasteiger partial charge in [-0.1, -0.05) is 18.2 Å². The third-order valence-corrected chi connectivity index (χ3v) is 3.32. The van der Waals surface area contributed by atoms with E-state index < -0.39 is 18.7 Å². The smallest absolute Gasteiger partial charge is 0.355 e. The summed E-state index contributed by atoms with van der Waals surface area (Å²) in [7, 11) is 0. The molecule has 0 aliphatic heterocycles. The van der Waals surface area contributed by atoms with Crippen LogP contribution in [0, 0.1) is 6.92 Å². The Kier molecular flexibility index (Phi) is 4.01. The van der Waals surface area contributed by atoms with Crippen LogP contribution in [0.25, 0.3) is 16.7 Å². The van der Waals surface area contributed by atoms with E-state index >= 15 is 0 Å². The molecule has 0 radical (unpaired) electrons. The number of hydrogen-bond acceptors (Lipinski definition) is 4. The number of benzene rings is 1. The maximum atomic E-state index is 12.4. The predicted octanol–water partition coefficient (Wildman–Crippen LogP) is 2.77. The van der Waals surface area contributed by atoms with Crippen molar-refractivity contribution in [2.45, 2.75) is 13.3 Å². The third kappa shape index (κ3) is 3.03. The summed E-state index contributed by atoms with van der Waals surface area (Å²) in [6, 6.07) is 12.4. The molecule has 7 heteroatoms. The van der Waals surface area contributed by atoms with E-state index in [1.54, 1.807) is 43.3 Å². The monoisotopic (exact) mass is 316 g/mol. The van der Waals surface area contributed by atoms with Crippen LogP contribution in [0.4, 0.5) is 14.6 Å². The Balaban J connectivity index is 2.26. The molecule has 1 N–H and O–H groups in total. The van der Waals surface area contributed by atoms with E-state index in [1.807, 2.05) is 6.07 Å². The van der Waals surface area contributed by atoms with Gasteiger partial charge in [-0.25, -0.2) is 23.1 Å². The predicted molar refractivity (Wildman–Crippen MR) is 84.4 cm³/mol. The van der Waals surface area contributed by atoms with E-state index in [2.05, 4.69) is 15.3 Å². The van der Waals surface area contributed by atoms with Gasteiger partial charge in [-0.2, -0.15) is 4.98 Å². The van der Waals surface area contributed by atoms with Crippen LogP contribution in [0.5, 0.6) is 0 Å². The summed E-state index contributed by atoms with van der Waals surface area (Å²) in [5, 5.41) is 3.03. The first-order chi connectivity index (χ1) is 11.1. The number of nitrogens with zero attached hydrogens (tertiary/aromatic N) is 3. The topological polar surface area (TPSA) is 59.8 Å². The number of alkyl halides is 2. The minimum absolute atomic E-state index is 0.116. The highest BCUT2D eigenvalue weighted by Gasteiger charge is 2.14. The summed E-state index contributed by atoms with van der Waals surface area (Å²) in [6.07, 6.45) is -2.54. The molecule has 0 aliphatic carbocycles. The van der Waals surface area contributed by atoms with Crippen LogP contribution in [0.2, 0.25) is 0 Å². The van der Waals surface area contributed by atoms with Crippen LogP contribution < -0.4 is 11.0 Å². The van der Waals surface area contributed by atoms with Gasteiger partial charge in [-0.15, -0.1) is 0 Å². The maximum Gasteiger partial charge on any atom is 0.355 e. The molecule has 118 valence electrons. The molecule has 0 unspecified atom stereocenters. The molecule has 3 aromatic rings. The van der Waals surface area contributed by atoms with E-state index in [4.69, 9.17) is 0 Å². The fraction of sp³-hybridized carbons (Fsp3) is 0.188. The molecule has 0 bridgehead atoms. The normalized spacial score (nSPS) is 11.1. The number of halogens is 2. The SMILES string of the molecule is Cc1ccc2c(NCC(F)F)nc(=O)n(-c3ccccc3)c2n1. The van der Waals surface area contributed by atoms with Crippen molar-refractivity contribution in [3.63, 3.8) is 0 Å². The van der Waals surface area contributed by atoms with Crippen LogP contribution >= 0.6 is 0 Å². The second kappa shape index (κ2) is 6.12. The molecular formula is C16H14F2N4O. The van der Waals surface area contributed by atoms with E-state index in [9.17, 15) is 13.6 Å². The number of pyridine rings is 1. The lowest BCUT2D eigenvalue weighted by Crippen LogP contribution is -2.25. The van der Waals surface area contributed by atoms with E-state index in [0.29, 0.717) is 22.4 Å². The number of hydrogen-bond donors (Lipinski definition) is 1. The van der Waals surface area contributed by atoms with Gasteiger partial charge in [-0.3, -0.25) is 0 Å². The Morgan fingerprint density at radius 1 is 1.13 bits per heavy atom. The molecule has 0 aliphatic rings. The van der Waals surface area contributed by atoms with Gasteiger partial charge < -0.3 is 5.32 Å². The van der Waals surface area contributed by atoms with Crippen LogP contribution in [-0.2, 0) is 0 Å². The number of para-hydroxylation sites is 1. The standard InChI is InChI=1S/C16H14F2N4O/c1-10-7-8-12-14(19-9-13(17)18)21-16(23)22(15(12)20-10)11-5-3-2-4-6-11/h2-8,13H,9H2,1H3,(H,19,21,23). The van der Waals surface area contributed by atoms with Crippen LogP contribution in [0.1, 0.15) is 5.69 Å². The van der Waals surface area contributed by atoms with Crippen molar-refractivity contribution in [2.75, 3.05) is 11.9 Å². The second-order valence-electron chi connectivity index (χ2n) is 5.01. The highest BCUT2D eigenvalue weighted by molar-refractivity contribution is 5.87. The molecule has 2 aromatic heterocycles. The van der Waals surface area contributed by atoms with Crippen LogP contribution in [-0.4, -0.2) is 27.5 Å². The molecule has 5 nitrogen and oxygen atoms in total. The molecule has 0 fully saturated rings. The Morgan fingerprint density at radius 3 is 2.57 bits per heavy atom. The molecule has 3 rings (SSSR count). The quantitative estimate of drug-likeness (QED) is 0.804. The molecule has 0 saturated heterocycles. The molecule has 23 heavy (non-hydrogen) atoms. The Bertz CT molecular complexity index is 894. The third-order valence-electron chi connectivity index (χ3n) is 3.32. The van der Waals surface area contributed by atoms with Gasteiger partial charge in [0, 0.05) is 5.69 Å². The Morgan fingerprint density at radius 2 is 1.87 bits per heavy atom. The summed E-state index contributed by atoms with van der Waals surface area (Å²) >= 11 is 0. The molecule has 0 spiro atoms.